The van der Waals surface area contributed by atoms with E-state index in [1.54, 1.807) is 7.05 Å². The molecule has 1 aliphatic heterocycles. The molecule has 1 atom stereocenters. The number of ether oxygens (including phenoxy) is 2. The Hall–Kier alpha value is -0.450. The molecule has 14 heavy (non-hydrogen) atoms. The summed E-state index contributed by atoms with van der Waals surface area (Å²) in [5.41, 5.74) is 0. The molecular weight excluding hydrogens is 182 g/mol. The Morgan fingerprint density at radius 3 is 2.36 bits per heavy atom. The van der Waals surface area contributed by atoms with Gasteiger partial charge in [-0.2, -0.15) is 0 Å². The van der Waals surface area contributed by atoms with Crippen LogP contribution in [0.3, 0.4) is 0 Å². The Bertz CT molecular complexity index is 200. The van der Waals surface area contributed by atoms with E-state index in [1.807, 2.05) is 20.8 Å². The fraction of sp³-hybridized carbons (Fsp3) is 0.900. The van der Waals surface area contributed by atoms with E-state index in [9.17, 15) is 4.79 Å². The van der Waals surface area contributed by atoms with Crippen LogP contribution >= 0.6 is 0 Å². The molecular formula is C10H19NO3. The molecule has 4 heteroatoms. The first-order valence-electron chi connectivity index (χ1n) is 5.05. The van der Waals surface area contributed by atoms with Gasteiger partial charge in [0.25, 0.3) is 0 Å². The highest BCUT2D eigenvalue weighted by Crippen LogP contribution is 2.20. The largest absolute Gasteiger partial charge is 0.322 e. The van der Waals surface area contributed by atoms with Gasteiger partial charge in [-0.15, -0.1) is 0 Å². The monoisotopic (exact) mass is 201 g/mol. The average Bonchev–Trinajstić information content (AvgIpc) is 2.01. The van der Waals surface area contributed by atoms with E-state index in [1.165, 1.54) is 0 Å². The number of carbonyl (C=O) groups is 1. The van der Waals surface area contributed by atoms with Crippen LogP contribution in [0.5, 0.6) is 0 Å². The van der Waals surface area contributed by atoms with Gasteiger partial charge in [-0.1, -0.05) is 13.8 Å². The summed E-state index contributed by atoms with van der Waals surface area (Å²) in [6, 6.07) is -0.325. The van der Waals surface area contributed by atoms with Crippen LogP contribution in [-0.4, -0.2) is 31.5 Å². The molecule has 1 aliphatic rings. The van der Waals surface area contributed by atoms with Crippen molar-refractivity contribution in [3.63, 3.8) is 0 Å². The molecule has 1 N–H and O–H groups in total. The highest BCUT2D eigenvalue weighted by molar-refractivity contribution is 5.84. The zero-order chi connectivity index (χ0) is 10.7. The summed E-state index contributed by atoms with van der Waals surface area (Å²) in [5.74, 6) is 0.523. The number of nitrogens with one attached hydrogen (secondary N) is 1. The van der Waals surface area contributed by atoms with Gasteiger partial charge < -0.3 is 14.8 Å². The molecule has 1 rings (SSSR count). The molecule has 0 aromatic carbocycles. The van der Waals surface area contributed by atoms with Crippen molar-refractivity contribution in [2.75, 3.05) is 7.05 Å². The second-order valence-electron chi connectivity index (χ2n) is 4.04. The number of carbonyl (C=O) groups excluding carboxylic acids is 1. The predicted molar refractivity (Wildman–Crippen MR) is 52.7 cm³/mol. The van der Waals surface area contributed by atoms with Crippen molar-refractivity contribution in [1.29, 1.82) is 0 Å². The van der Waals surface area contributed by atoms with E-state index in [0.717, 1.165) is 0 Å². The van der Waals surface area contributed by atoms with E-state index in [0.29, 0.717) is 12.3 Å². The van der Waals surface area contributed by atoms with Gasteiger partial charge in [0, 0.05) is 6.42 Å². The first kappa shape index (κ1) is 11.6. The molecule has 0 aromatic rings. The van der Waals surface area contributed by atoms with Gasteiger partial charge in [-0.25, -0.2) is 0 Å². The quantitative estimate of drug-likeness (QED) is 0.718. The van der Waals surface area contributed by atoms with E-state index in [4.69, 9.17) is 9.47 Å². The van der Waals surface area contributed by atoms with Crippen LogP contribution in [-0.2, 0) is 14.3 Å². The van der Waals surface area contributed by atoms with Crippen LogP contribution in [0.1, 0.15) is 27.2 Å². The van der Waals surface area contributed by atoms with Crippen molar-refractivity contribution < 1.29 is 14.3 Å². The van der Waals surface area contributed by atoms with Crippen LogP contribution < -0.4 is 5.32 Å². The molecule has 0 amide bonds. The lowest BCUT2D eigenvalue weighted by Gasteiger charge is -2.38. The van der Waals surface area contributed by atoms with Gasteiger partial charge in [0.1, 0.15) is 6.04 Å². The first-order chi connectivity index (χ1) is 6.54. The van der Waals surface area contributed by atoms with Gasteiger partial charge in [-0.3, -0.25) is 4.79 Å². The Balaban J connectivity index is 2.41. The van der Waals surface area contributed by atoms with E-state index < -0.39 is 6.29 Å². The summed E-state index contributed by atoms with van der Waals surface area (Å²) < 4.78 is 10.6. The van der Waals surface area contributed by atoms with Crippen molar-refractivity contribution in [3.8, 4) is 0 Å². The van der Waals surface area contributed by atoms with Crippen molar-refractivity contribution >= 4 is 5.78 Å². The highest BCUT2D eigenvalue weighted by Gasteiger charge is 2.37. The van der Waals surface area contributed by atoms with Crippen molar-refractivity contribution in [1.82, 2.24) is 5.32 Å². The summed E-state index contributed by atoms with van der Waals surface area (Å²) in [4.78, 5) is 11.7. The van der Waals surface area contributed by atoms with Crippen molar-refractivity contribution in [2.24, 2.45) is 5.92 Å². The third kappa shape index (κ3) is 2.77. The molecule has 1 heterocycles. The van der Waals surface area contributed by atoms with Gasteiger partial charge in [-0.05, 0) is 19.9 Å². The molecule has 1 saturated heterocycles. The lowest BCUT2D eigenvalue weighted by atomic mass is 10.0. The lowest BCUT2D eigenvalue weighted by molar-refractivity contribution is -0.379. The second-order valence-corrected chi connectivity index (χ2v) is 4.04. The Morgan fingerprint density at radius 2 is 2.00 bits per heavy atom. The predicted octanol–water partition coefficient (Wildman–Crippen LogP) is 0.908. The number of rotatable bonds is 5. The number of hydrogen-bond donors (Lipinski definition) is 1. The van der Waals surface area contributed by atoms with Crippen LogP contribution in [0.25, 0.3) is 0 Å². The van der Waals surface area contributed by atoms with Gasteiger partial charge >= 0.3 is 0 Å². The van der Waals surface area contributed by atoms with Crippen LogP contribution in [0.4, 0.5) is 0 Å². The van der Waals surface area contributed by atoms with E-state index in [-0.39, 0.29) is 18.1 Å². The fourth-order valence-electron chi connectivity index (χ4n) is 1.52. The zero-order valence-electron chi connectivity index (χ0n) is 9.24. The first-order valence-corrected chi connectivity index (χ1v) is 5.05. The lowest BCUT2D eigenvalue weighted by Crippen LogP contribution is -2.55. The third-order valence-corrected chi connectivity index (χ3v) is 2.19. The smallest absolute Gasteiger partial charge is 0.186 e. The minimum atomic E-state index is -0.402. The molecule has 1 unspecified atom stereocenters. The molecule has 0 aliphatic carbocycles. The maximum absolute atomic E-state index is 11.7. The maximum Gasteiger partial charge on any atom is 0.186 e. The standard InChI is InChI=1S/C10H19NO3/c1-6(2)5-8(12)9(11-4)10-13-7(3)14-10/h6-7,9-11H,5H2,1-4H3. The van der Waals surface area contributed by atoms with E-state index in [2.05, 4.69) is 5.32 Å². The Morgan fingerprint density at radius 1 is 1.43 bits per heavy atom. The minimum Gasteiger partial charge on any atom is -0.322 e. The third-order valence-electron chi connectivity index (χ3n) is 2.19. The SMILES string of the molecule is CNC(C(=O)CC(C)C)C1OC(C)O1. The van der Waals surface area contributed by atoms with Gasteiger partial charge in [0.2, 0.25) is 0 Å². The highest BCUT2D eigenvalue weighted by atomic mass is 16.9. The molecule has 0 bridgehead atoms. The normalized spacial score (nSPS) is 28.6. The number of likely N-dealkylation sites (N-methyl/N-ethyl adjacent to an activating group) is 1. The minimum absolute atomic E-state index is 0.152. The van der Waals surface area contributed by atoms with Gasteiger partial charge in [0.05, 0.1) is 0 Å². The molecule has 4 nitrogen and oxygen atoms in total. The molecule has 82 valence electrons. The Kier molecular flexibility index (Phi) is 4.04. The molecule has 0 spiro atoms. The second kappa shape index (κ2) is 4.87. The number of ketones is 1. The van der Waals surface area contributed by atoms with Crippen LogP contribution in [0, 0.1) is 5.92 Å². The topological polar surface area (TPSA) is 47.6 Å². The molecule has 0 radical (unpaired) electrons. The van der Waals surface area contributed by atoms with Crippen molar-refractivity contribution in [2.45, 2.75) is 45.8 Å². The molecule has 0 aromatic heterocycles. The zero-order valence-corrected chi connectivity index (χ0v) is 9.24. The summed E-state index contributed by atoms with van der Waals surface area (Å²) in [5, 5.41) is 2.93. The Labute approximate surface area is 85.0 Å². The van der Waals surface area contributed by atoms with Crippen molar-refractivity contribution in [3.05, 3.63) is 0 Å². The molecule has 0 saturated carbocycles. The van der Waals surface area contributed by atoms with E-state index >= 15 is 0 Å². The molecule has 1 fully saturated rings. The summed E-state index contributed by atoms with van der Waals surface area (Å²) in [7, 11) is 1.75. The summed E-state index contributed by atoms with van der Waals surface area (Å²) >= 11 is 0. The van der Waals surface area contributed by atoms with Crippen LogP contribution in [0.2, 0.25) is 0 Å². The fourth-order valence-corrected chi connectivity index (χ4v) is 1.52. The summed E-state index contributed by atoms with van der Waals surface area (Å²) in [6.07, 6.45) is -0.0210. The average molecular weight is 201 g/mol. The van der Waals surface area contributed by atoms with Gasteiger partial charge in [0.15, 0.2) is 18.4 Å². The maximum atomic E-state index is 11.7. The summed E-state index contributed by atoms with van der Waals surface area (Å²) in [6.45, 7) is 5.86. The number of hydrogen-bond acceptors (Lipinski definition) is 4. The van der Waals surface area contributed by atoms with Crippen LogP contribution in [0.15, 0.2) is 0 Å². The number of Topliss-reactive ketones (excluding diaryl/α,β-unsaturated/α-hetero) is 1.